The number of carbonyl (C=O) groups is 1. The maximum absolute atomic E-state index is 12.9. The van der Waals surface area contributed by atoms with Gasteiger partial charge in [-0.1, -0.05) is 36.0 Å². The smallest absolute Gasteiger partial charge is 0.233 e. The molecule has 0 aliphatic carbocycles. The summed E-state index contributed by atoms with van der Waals surface area (Å²) in [5.41, 5.74) is 0.896. The number of carbonyl (C=O) groups excluding carboxylic acids is 1. The minimum atomic E-state index is 0.124. The van der Waals surface area contributed by atoms with Crippen molar-refractivity contribution in [3.05, 3.63) is 60.2 Å². The normalized spacial score (nSPS) is 14.2. The summed E-state index contributed by atoms with van der Waals surface area (Å²) in [5.74, 6) is 1.91. The molecule has 1 aromatic carbocycles. The van der Waals surface area contributed by atoms with Gasteiger partial charge in [0.05, 0.1) is 16.1 Å². The number of hydrogen-bond donors (Lipinski definition) is 0. The molecule has 0 atom stereocenters. The molecule has 5 rings (SSSR count). The zero-order chi connectivity index (χ0) is 21.0. The van der Waals surface area contributed by atoms with Crippen LogP contribution in [0.5, 0.6) is 0 Å². The highest BCUT2D eigenvalue weighted by atomic mass is 32.2. The molecule has 4 heterocycles. The number of fused-ring (bicyclic) bond motifs is 1. The Hall–Kier alpha value is -3.04. The third-order valence-electron chi connectivity index (χ3n) is 5.11. The predicted molar refractivity (Wildman–Crippen MR) is 124 cm³/mol. The number of rotatable bonds is 5. The fourth-order valence-corrected chi connectivity index (χ4v) is 5.08. The number of thioether (sulfide) groups is 1. The van der Waals surface area contributed by atoms with Crippen molar-refractivity contribution >= 4 is 45.9 Å². The molecule has 0 bridgehead atoms. The number of hydrogen-bond acceptors (Lipinski definition) is 8. The van der Waals surface area contributed by atoms with Crippen molar-refractivity contribution < 1.29 is 4.79 Å². The molecule has 156 valence electrons. The van der Waals surface area contributed by atoms with E-state index in [1.165, 1.54) is 11.8 Å². The van der Waals surface area contributed by atoms with Crippen molar-refractivity contribution in [1.82, 2.24) is 24.8 Å². The van der Waals surface area contributed by atoms with E-state index in [2.05, 4.69) is 14.9 Å². The first-order valence-corrected chi connectivity index (χ1v) is 11.9. The van der Waals surface area contributed by atoms with Gasteiger partial charge in [0.15, 0.2) is 5.82 Å². The van der Waals surface area contributed by atoms with Crippen LogP contribution in [0.4, 0.5) is 5.95 Å². The lowest BCUT2D eigenvalue weighted by Gasteiger charge is -2.34. The first kappa shape index (κ1) is 19.9. The Morgan fingerprint density at radius 3 is 2.55 bits per heavy atom. The zero-order valence-corrected chi connectivity index (χ0v) is 18.4. The second kappa shape index (κ2) is 8.99. The maximum Gasteiger partial charge on any atom is 0.233 e. The van der Waals surface area contributed by atoms with E-state index in [0.29, 0.717) is 24.7 Å². The maximum atomic E-state index is 12.9. The number of para-hydroxylation sites is 1. The van der Waals surface area contributed by atoms with Gasteiger partial charge in [-0.3, -0.25) is 4.79 Å². The molecule has 7 nitrogen and oxygen atoms in total. The van der Waals surface area contributed by atoms with E-state index in [0.717, 1.165) is 39.8 Å². The highest BCUT2D eigenvalue weighted by molar-refractivity contribution is 8.00. The number of thiophene rings is 1. The largest absolute Gasteiger partial charge is 0.338 e. The predicted octanol–water partition coefficient (Wildman–Crippen LogP) is 3.59. The second-order valence-electron chi connectivity index (χ2n) is 7.05. The molecule has 1 aliphatic rings. The Labute approximate surface area is 188 Å². The van der Waals surface area contributed by atoms with Crippen molar-refractivity contribution in [2.24, 2.45) is 0 Å². The van der Waals surface area contributed by atoms with Gasteiger partial charge in [-0.05, 0) is 23.6 Å². The lowest BCUT2D eigenvalue weighted by molar-refractivity contribution is -0.128. The fourth-order valence-electron chi connectivity index (χ4n) is 3.51. The van der Waals surface area contributed by atoms with Gasteiger partial charge in [0.1, 0.15) is 5.03 Å². The van der Waals surface area contributed by atoms with E-state index in [4.69, 9.17) is 9.97 Å². The van der Waals surface area contributed by atoms with Crippen LogP contribution >= 0.6 is 23.1 Å². The van der Waals surface area contributed by atoms with Crippen LogP contribution in [0.1, 0.15) is 0 Å². The van der Waals surface area contributed by atoms with Crippen LogP contribution in [0.15, 0.2) is 65.3 Å². The molecular weight excluding hydrogens is 428 g/mol. The molecule has 0 radical (unpaired) electrons. The summed E-state index contributed by atoms with van der Waals surface area (Å²) in [6.45, 7) is 2.81. The van der Waals surface area contributed by atoms with Crippen LogP contribution in [0.25, 0.3) is 21.6 Å². The summed E-state index contributed by atoms with van der Waals surface area (Å²) in [6.07, 6.45) is 3.49. The number of piperazine rings is 1. The first-order chi connectivity index (χ1) is 15.3. The second-order valence-corrected chi connectivity index (χ2v) is 8.96. The number of nitrogens with zero attached hydrogens (tertiary/aromatic N) is 6. The minimum absolute atomic E-state index is 0.124. The van der Waals surface area contributed by atoms with Crippen molar-refractivity contribution in [2.75, 3.05) is 36.8 Å². The lowest BCUT2D eigenvalue weighted by atomic mass is 10.2. The molecule has 1 saturated heterocycles. The van der Waals surface area contributed by atoms with Crippen molar-refractivity contribution in [3.8, 4) is 10.7 Å². The van der Waals surface area contributed by atoms with Crippen LogP contribution in [-0.4, -0.2) is 62.7 Å². The highest BCUT2D eigenvalue weighted by Gasteiger charge is 2.23. The first-order valence-electron chi connectivity index (χ1n) is 10.0. The average molecular weight is 449 g/mol. The molecule has 0 spiro atoms. The van der Waals surface area contributed by atoms with Gasteiger partial charge in [-0.25, -0.2) is 19.9 Å². The Kier molecular flexibility index (Phi) is 5.77. The molecule has 0 unspecified atom stereocenters. The molecule has 0 N–H and O–H groups in total. The van der Waals surface area contributed by atoms with E-state index in [9.17, 15) is 4.79 Å². The minimum Gasteiger partial charge on any atom is -0.338 e. The van der Waals surface area contributed by atoms with Crippen molar-refractivity contribution in [3.63, 3.8) is 0 Å². The molecule has 1 aliphatic heterocycles. The van der Waals surface area contributed by atoms with Gasteiger partial charge < -0.3 is 9.80 Å². The molecule has 1 amide bonds. The number of aromatic nitrogens is 4. The highest BCUT2D eigenvalue weighted by Crippen LogP contribution is 2.30. The lowest BCUT2D eigenvalue weighted by Crippen LogP contribution is -2.49. The van der Waals surface area contributed by atoms with Gasteiger partial charge in [0.25, 0.3) is 0 Å². The third-order valence-corrected chi connectivity index (χ3v) is 6.95. The van der Waals surface area contributed by atoms with E-state index >= 15 is 0 Å². The van der Waals surface area contributed by atoms with E-state index in [-0.39, 0.29) is 5.91 Å². The number of amides is 1. The van der Waals surface area contributed by atoms with Crippen molar-refractivity contribution in [2.45, 2.75) is 5.03 Å². The van der Waals surface area contributed by atoms with Crippen LogP contribution in [0.3, 0.4) is 0 Å². The van der Waals surface area contributed by atoms with Gasteiger partial charge in [0, 0.05) is 44.0 Å². The summed E-state index contributed by atoms with van der Waals surface area (Å²) in [6, 6.07) is 13.8. The molecule has 3 aromatic heterocycles. The Balaban J connectivity index is 1.27. The standard InChI is InChI=1S/C22H20N6OS2/c29-19(27-10-12-28(13-11-27)22-23-8-4-9-24-22)15-31-21-16-5-1-2-6-17(16)25-20(26-21)18-7-3-14-30-18/h1-9,14H,10-13,15H2. The van der Waals surface area contributed by atoms with Gasteiger partial charge in [-0.15, -0.1) is 11.3 Å². The molecule has 4 aromatic rings. The zero-order valence-electron chi connectivity index (χ0n) is 16.7. The van der Waals surface area contributed by atoms with Gasteiger partial charge in [0.2, 0.25) is 11.9 Å². The number of anilines is 1. The Morgan fingerprint density at radius 1 is 0.968 bits per heavy atom. The van der Waals surface area contributed by atoms with Crippen molar-refractivity contribution in [1.29, 1.82) is 0 Å². The van der Waals surface area contributed by atoms with Gasteiger partial charge >= 0.3 is 0 Å². The van der Waals surface area contributed by atoms with Crippen LogP contribution in [0, 0.1) is 0 Å². The van der Waals surface area contributed by atoms with E-state index in [1.54, 1.807) is 29.8 Å². The Bertz CT molecular complexity index is 1180. The Morgan fingerprint density at radius 2 is 1.77 bits per heavy atom. The third kappa shape index (κ3) is 4.38. The molecule has 1 fully saturated rings. The molecule has 9 heteroatoms. The van der Waals surface area contributed by atoms with Crippen LogP contribution < -0.4 is 4.90 Å². The quantitative estimate of drug-likeness (QED) is 0.341. The fraction of sp³-hybridized carbons (Fsp3) is 0.227. The summed E-state index contributed by atoms with van der Waals surface area (Å²) in [7, 11) is 0. The SMILES string of the molecule is O=C(CSc1nc(-c2cccs2)nc2ccccc12)N1CCN(c2ncccn2)CC1. The monoisotopic (exact) mass is 448 g/mol. The van der Waals surface area contributed by atoms with E-state index < -0.39 is 0 Å². The van der Waals surface area contributed by atoms with Crippen LogP contribution in [0.2, 0.25) is 0 Å². The topological polar surface area (TPSA) is 75.1 Å². The summed E-state index contributed by atoms with van der Waals surface area (Å²) >= 11 is 3.10. The number of benzene rings is 1. The molecule has 0 saturated carbocycles. The van der Waals surface area contributed by atoms with E-state index in [1.807, 2.05) is 46.7 Å². The van der Waals surface area contributed by atoms with Crippen LogP contribution in [-0.2, 0) is 4.79 Å². The van der Waals surface area contributed by atoms with Gasteiger partial charge in [-0.2, -0.15) is 0 Å². The summed E-state index contributed by atoms with van der Waals surface area (Å²) in [4.78, 5) is 36.0. The average Bonchev–Trinajstić information content (AvgIpc) is 3.38. The summed E-state index contributed by atoms with van der Waals surface area (Å²) in [5, 5.41) is 3.84. The molecular formula is C22H20N6OS2. The summed E-state index contributed by atoms with van der Waals surface area (Å²) < 4.78 is 0. The molecule has 31 heavy (non-hydrogen) atoms.